The van der Waals surface area contributed by atoms with E-state index in [1.807, 2.05) is 26.0 Å². The van der Waals surface area contributed by atoms with Crippen molar-refractivity contribution in [2.75, 3.05) is 12.4 Å². The lowest BCUT2D eigenvalue weighted by Gasteiger charge is -2.18. The summed E-state index contributed by atoms with van der Waals surface area (Å²) in [6, 6.07) is 12.5. The zero-order chi connectivity index (χ0) is 26.4. The highest BCUT2D eigenvalue weighted by molar-refractivity contribution is 6.30. The first-order chi connectivity index (χ1) is 17.1. The minimum atomic E-state index is -0.765. The Kier molecular flexibility index (Phi) is 8.93. The van der Waals surface area contributed by atoms with E-state index in [0.29, 0.717) is 10.7 Å². The van der Waals surface area contributed by atoms with Gasteiger partial charge in [0.25, 0.3) is 0 Å². The number of benzene rings is 2. The van der Waals surface area contributed by atoms with Gasteiger partial charge in [0.2, 0.25) is 5.95 Å². The van der Waals surface area contributed by atoms with E-state index in [1.54, 1.807) is 37.3 Å². The molecule has 3 aromatic rings. The van der Waals surface area contributed by atoms with Crippen molar-refractivity contribution in [1.82, 2.24) is 14.1 Å². The van der Waals surface area contributed by atoms with Crippen molar-refractivity contribution >= 4 is 29.2 Å². The number of ether oxygens (including phenoxy) is 2. The molecule has 10 heteroatoms. The van der Waals surface area contributed by atoms with Crippen LogP contribution in [0.25, 0.3) is 0 Å². The van der Waals surface area contributed by atoms with Crippen LogP contribution >= 0.6 is 11.6 Å². The number of nitrogens with one attached hydrogen (secondary N) is 1. The first-order valence-electron chi connectivity index (χ1n) is 11.7. The zero-order valence-electron chi connectivity index (χ0n) is 21.1. The van der Waals surface area contributed by atoms with Crippen LogP contribution in [0, 0.1) is 12.8 Å². The summed E-state index contributed by atoms with van der Waals surface area (Å²) in [4.78, 5) is 42.3. The van der Waals surface area contributed by atoms with Gasteiger partial charge in [0.1, 0.15) is 5.75 Å². The number of hydrogen-bond donors (Lipinski definition) is 1. The van der Waals surface area contributed by atoms with Crippen LogP contribution in [-0.4, -0.2) is 33.3 Å². The molecule has 0 aliphatic rings. The number of anilines is 2. The molecular weight excluding hydrogens is 484 g/mol. The van der Waals surface area contributed by atoms with Crippen molar-refractivity contribution in [3.05, 3.63) is 79.6 Å². The molecular formula is C26H31ClN4O5. The molecule has 0 aliphatic heterocycles. The van der Waals surface area contributed by atoms with Crippen LogP contribution in [0.4, 0.5) is 11.6 Å². The maximum absolute atomic E-state index is 13.4. The summed E-state index contributed by atoms with van der Waals surface area (Å²) in [7, 11) is 1.26. The second-order valence-electron chi connectivity index (χ2n) is 8.69. The predicted octanol–water partition coefficient (Wildman–Crippen LogP) is 4.15. The summed E-state index contributed by atoms with van der Waals surface area (Å²) in [6.07, 6.45) is 0.958. The second-order valence-corrected chi connectivity index (χ2v) is 9.13. The average molecular weight is 515 g/mol. The van der Waals surface area contributed by atoms with E-state index >= 15 is 0 Å². The number of carbonyl (C=O) groups excluding carboxylic acids is 1. The summed E-state index contributed by atoms with van der Waals surface area (Å²) in [5, 5.41) is 3.67. The maximum Gasteiger partial charge on any atom is 0.354 e. The highest BCUT2D eigenvalue weighted by atomic mass is 35.5. The zero-order valence-corrected chi connectivity index (χ0v) is 21.8. The fraction of sp³-hybridized carbons (Fsp3) is 0.385. The van der Waals surface area contributed by atoms with Crippen LogP contribution in [0.1, 0.15) is 38.3 Å². The fourth-order valence-electron chi connectivity index (χ4n) is 3.53. The van der Waals surface area contributed by atoms with Crippen LogP contribution in [0.2, 0.25) is 5.02 Å². The summed E-state index contributed by atoms with van der Waals surface area (Å²) in [5.41, 5.74) is 0.953. The molecule has 2 aromatic carbocycles. The van der Waals surface area contributed by atoms with Gasteiger partial charge in [0, 0.05) is 17.3 Å². The highest BCUT2D eigenvalue weighted by Gasteiger charge is 2.20. The Labute approximate surface area is 214 Å². The van der Waals surface area contributed by atoms with Gasteiger partial charge in [-0.3, -0.25) is 9.36 Å². The average Bonchev–Trinajstić information content (AvgIpc) is 2.86. The number of carbonyl (C=O) groups is 1. The molecule has 2 atom stereocenters. The molecule has 0 aliphatic carbocycles. The van der Waals surface area contributed by atoms with Crippen LogP contribution in [0.15, 0.2) is 52.1 Å². The topological polar surface area (TPSA) is 104 Å². The van der Waals surface area contributed by atoms with Gasteiger partial charge in [0.15, 0.2) is 0 Å². The Morgan fingerprint density at radius 1 is 1.11 bits per heavy atom. The van der Waals surface area contributed by atoms with E-state index < -0.39 is 23.3 Å². The predicted molar refractivity (Wildman–Crippen MR) is 139 cm³/mol. The van der Waals surface area contributed by atoms with Gasteiger partial charge >= 0.3 is 17.3 Å². The van der Waals surface area contributed by atoms with E-state index in [-0.39, 0.29) is 25.1 Å². The smallest absolute Gasteiger partial charge is 0.354 e. The number of nitrogens with zero attached hydrogens (tertiary/aromatic N) is 3. The monoisotopic (exact) mass is 514 g/mol. The molecule has 9 nitrogen and oxygen atoms in total. The molecule has 36 heavy (non-hydrogen) atoms. The van der Waals surface area contributed by atoms with E-state index in [1.165, 1.54) is 11.7 Å². The Balaban J connectivity index is 2.02. The number of methoxy groups -OCH3 is 1. The fourth-order valence-corrected chi connectivity index (χ4v) is 3.66. The Bertz CT molecular complexity index is 1330. The Hall–Kier alpha value is -3.59. The quantitative estimate of drug-likeness (QED) is 0.405. The SMILES string of the molecule is CC[C@@H](C)Oc1ccc(Nc2nc(=O)n(C[C@H](C)C(=O)OC)c(=O)n2Cc2ccc(Cl)cc2)cc1C. The molecule has 0 unspecified atom stereocenters. The van der Waals surface area contributed by atoms with Gasteiger partial charge in [-0.15, -0.1) is 0 Å². The maximum atomic E-state index is 13.4. The Morgan fingerprint density at radius 2 is 1.81 bits per heavy atom. The largest absolute Gasteiger partial charge is 0.490 e. The van der Waals surface area contributed by atoms with E-state index in [2.05, 4.69) is 17.2 Å². The first-order valence-corrected chi connectivity index (χ1v) is 12.1. The molecule has 0 spiro atoms. The van der Waals surface area contributed by atoms with E-state index in [9.17, 15) is 14.4 Å². The molecule has 0 fully saturated rings. The standard InChI is InChI=1S/C26H31ClN4O5/c1-6-18(4)36-22-12-11-21(13-16(22)2)28-24-29-25(33)31(14-17(3)23(32)35-5)26(34)30(24)15-19-7-9-20(27)10-8-19/h7-13,17-18H,6,14-15H2,1-5H3,(H,28,29,33)/t17-,18+/m0/s1. The second kappa shape index (κ2) is 11.9. The molecule has 0 bridgehead atoms. The van der Waals surface area contributed by atoms with Gasteiger partial charge < -0.3 is 14.8 Å². The normalized spacial score (nSPS) is 12.6. The van der Waals surface area contributed by atoms with E-state index in [4.69, 9.17) is 21.1 Å². The molecule has 0 amide bonds. The molecule has 1 aromatic heterocycles. The van der Waals surface area contributed by atoms with Gasteiger partial charge in [-0.1, -0.05) is 37.6 Å². The molecule has 0 radical (unpaired) electrons. The molecule has 1 heterocycles. The van der Waals surface area contributed by atoms with Crippen LogP contribution < -0.4 is 21.4 Å². The van der Waals surface area contributed by atoms with Crippen molar-refractivity contribution in [2.24, 2.45) is 5.92 Å². The lowest BCUT2D eigenvalue weighted by Crippen LogP contribution is -2.44. The van der Waals surface area contributed by atoms with Gasteiger partial charge in [-0.2, -0.15) is 4.98 Å². The first kappa shape index (κ1) is 27.0. The van der Waals surface area contributed by atoms with Crippen molar-refractivity contribution in [3.63, 3.8) is 0 Å². The van der Waals surface area contributed by atoms with Gasteiger partial charge in [-0.05, 0) is 61.7 Å². The molecule has 192 valence electrons. The number of aryl methyl sites for hydroxylation is 1. The minimum Gasteiger partial charge on any atom is -0.490 e. The number of esters is 1. The highest BCUT2D eigenvalue weighted by Crippen LogP contribution is 2.25. The van der Waals surface area contributed by atoms with E-state index in [0.717, 1.165) is 27.9 Å². The minimum absolute atomic E-state index is 0.0775. The summed E-state index contributed by atoms with van der Waals surface area (Å²) >= 11 is 6.01. The molecule has 0 saturated heterocycles. The van der Waals surface area contributed by atoms with Crippen LogP contribution in [-0.2, 0) is 22.6 Å². The number of hydrogen-bond acceptors (Lipinski definition) is 7. The van der Waals surface area contributed by atoms with Crippen molar-refractivity contribution in [3.8, 4) is 5.75 Å². The van der Waals surface area contributed by atoms with Crippen molar-refractivity contribution < 1.29 is 14.3 Å². The van der Waals surface area contributed by atoms with Crippen LogP contribution in [0.3, 0.4) is 0 Å². The van der Waals surface area contributed by atoms with Gasteiger partial charge in [-0.25, -0.2) is 14.2 Å². The number of halogens is 1. The third kappa shape index (κ3) is 6.54. The number of aromatic nitrogens is 3. The third-order valence-corrected chi connectivity index (χ3v) is 6.05. The lowest BCUT2D eigenvalue weighted by molar-refractivity contribution is -0.145. The summed E-state index contributed by atoms with van der Waals surface area (Å²) < 4.78 is 13.0. The number of rotatable bonds is 10. The summed E-state index contributed by atoms with van der Waals surface area (Å²) in [6.45, 7) is 7.53. The van der Waals surface area contributed by atoms with Crippen LogP contribution in [0.5, 0.6) is 5.75 Å². The molecule has 3 rings (SSSR count). The summed E-state index contributed by atoms with van der Waals surface area (Å²) in [5.74, 6) is -0.390. The van der Waals surface area contributed by atoms with Crippen molar-refractivity contribution in [2.45, 2.75) is 53.3 Å². The molecule has 0 saturated carbocycles. The van der Waals surface area contributed by atoms with Crippen molar-refractivity contribution in [1.29, 1.82) is 0 Å². The Morgan fingerprint density at radius 3 is 2.42 bits per heavy atom. The van der Waals surface area contributed by atoms with Gasteiger partial charge in [0.05, 0.1) is 25.7 Å². The molecule has 1 N–H and O–H groups in total. The third-order valence-electron chi connectivity index (χ3n) is 5.80. The lowest BCUT2D eigenvalue weighted by atomic mass is 10.2.